The first-order chi connectivity index (χ1) is 19.1. The van der Waals surface area contributed by atoms with Crippen LogP contribution in [0.2, 0.25) is 0 Å². The Balaban J connectivity index is 2.12. The average Bonchev–Trinajstić information content (AvgIpc) is 3.51. The molecule has 0 radical (unpaired) electrons. The number of aromatic nitrogens is 2. The monoisotopic (exact) mass is 347 g/mol. The number of hydrogen-bond acceptors (Lipinski definition) is 0. The molecule has 0 spiro atoms. The number of rotatable bonds is 1. The Bertz CT molecular complexity index is 2180. The molecule has 0 aliphatic heterocycles. The molecule has 0 fully saturated rings. The van der Waals surface area contributed by atoms with Crippen molar-refractivity contribution >= 4 is 43.6 Å². The molecule has 4 aromatic carbocycles. The van der Waals surface area contributed by atoms with Crippen molar-refractivity contribution in [2.75, 3.05) is 0 Å². The van der Waals surface area contributed by atoms with Crippen molar-refractivity contribution in [1.82, 2.24) is 9.55 Å². The van der Waals surface area contributed by atoms with E-state index in [9.17, 15) is 0 Å². The predicted molar refractivity (Wildman–Crippen MR) is 110 cm³/mol. The van der Waals surface area contributed by atoms with E-state index in [1.54, 1.807) is 0 Å². The standard InChI is InChI=1S/C24H16N2/c1-2-8-16(9-3-1)26-22-13-7-5-10-17(22)18-14-15-21-23(24(18)26)19-11-4-6-12-20(19)25-21/h1-15,25H/i1D,2D,3D,4D,5D,6D,7D,8D,9D,10D,11D,12D,13D,14D,15D. The normalized spacial score (nSPS) is 19.9. The molecule has 2 heterocycles. The fraction of sp³-hybridized carbons (Fsp3) is 0. The van der Waals surface area contributed by atoms with E-state index >= 15 is 0 Å². The van der Waals surface area contributed by atoms with Crippen molar-refractivity contribution in [1.29, 1.82) is 0 Å². The molecular weight excluding hydrogens is 316 g/mol. The van der Waals surface area contributed by atoms with Crippen molar-refractivity contribution in [3.63, 3.8) is 0 Å². The molecule has 122 valence electrons. The van der Waals surface area contributed by atoms with Crippen LogP contribution in [-0.2, 0) is 0 Å². The van der Waals surface area contributed by atoms with E-state index in [1.807, 2.05) is 0 Å². The highest BCUT2D eigenvalue weighted by molar-refractivity contribution is 6.25. The van der Waals surface area contributed by atoms with Crippen molar-refractivity contribution in [2.45, 2.75) is 0 Å². The number of benzene rings is 4. The second-order valence-corrected chi connectivity index (χ2v) is 5.63. The largest absolute Gasteiger partial charge is 0.354 e. The van der Waals surface area contributed by atoms with Gasteiger partial charge in [0.25, 0.3) is 0 Å². The number of fused-ring (bicyclic) bond motifs is 7. The maximum atomic E-state index is 8.87. The van der Waals surface area contributed by atoms with Crippen LogP contribution in [0.25, 0.3) is 49.3 Å². The van der Waals surface area contributed by atoms with E-state index in [-0.39, 0.29) is 43.6 Å². The summed E-state index contributed by atoms with van der Waals surface area (Å²) in [5.41, 5.74) is -1.20. The number of H-pyrrole nitrogens is 1. The number of aromatic amines is 1. The van der Waals surface area contributed by atoms with Crippen LogP contribution >= 0.6 is 0 Å². The van der Waals surface area contributed by atoms with Gasteiger partial charge in [0.2, 0.25) is 0 Å². The highest BCUT2D eigenvalue weighted by Crippen LogP contribution is 2.39. The number of nitrogens with one attached hydrogen (secondary N) is 1. The fourth-order valence-electron chi connectivity index (χ4n) is 3.30. The van der Waals surface area contributed by atoms with Crippen LogP contribution in [0.15, 0.2) is 90.6 Å². The first-order valence-corrected chi connectivity index (χ1v) is 7.67. The molecule has 0 saturated carbocycles. The van der Waals surface area contributed by atoms with Crippen LogP contribution in [0.3, 0.4) is 0 Å². The van der Waals surface area contributed by atoms with E-state index in [0.717, 1.165) is 4.57 Å². The van der Waals surface area contributed by atoms with Gasteiger partial charge in [-0.25, -0.2) is 0 Å². The molecule has 0 aliphatic carbocycles. The zero-order valence-electron chi connectivity index (χ0n) is 27.9. The second kappa shape index (κ2) is 4.99. The fourth-order valence-corrected chi connectivity index (χ4v) is 3.30. The molecule has 2 nitrogen and oxygen atoms in total. The van der Waals surface area contributed by atoms with Gasteiger partial charge in [0.1, 0.15) is 0 Å². The van der Waals surface area contributed by atoms with Crippen LogP contribution in [-0.4, -0.2) is 9.55 Å². The highest BCUT2D eigenvalue weighted by atomic mass is 15.0. The molecule has 0 unspecified atom stereocenters. The first kappa shape index (κ1) is 5.75. The van der Waals surface area contributed by atoms with Gasteiger partial charge in [-0.05, 0) is 30.2 Å². The summed E-state index contributed by atoms with van der Waals surface area (Å²) < 4.78 is 128. The summed E-state index contributed by atoms with van der Waals surface area (Å²) in [6.07, 6.45) is 0. The quantitative estimate of drug-likeness (QED) is 0.354. The third kappa shape index (κ3) is 1.71. The van der Waals surface area contributed by atoms with Crippen molar-refractivity contribution in [2.24, 2.45) is 0 Å². The summed E-state index contributed by atoms with van der Waals surface area (Å²) >= 11 is 0. The Labute approximate surface area is 171 Å². The van der Waals surface area contributed by atoms with Crippen LogP contribution < -0.4 is 0 Å². The second-order valence-electron chi connectivity index (χ2n) is 5.63. The van der Waals surface area contributed by atoms with Gasteiger partial charge in [0.05, 0.1) is 31.6 Å². The van der Waals surface area contributed by atoms with Crippen molar-refractivity contribution < 1.29 is 20.6 Å². The molecule has 26 heavy (non-hydrogen) atoms. The third-order valence-corrected chi connectivity index (χ3v) is 4.30. The summed E-state index contributed by atoms with van der Waals surface area (Å²) in [7, 11) is 0. The summed E-state index contributed by atoms with van der Waals surface area (Å²) in [5, 5.41) is -0.628. The molecule has 1 N–H and O–H groups in total. The molecular formula is C24H16N2. The summed E-state index contributed by atoms with van der Waals surface area (Å²) in [6.45, 7) is 0. The molecule has 0 atom stereocenters. The summed E-state index contributed by atoms with van der Waals surface area (Å²) in [6, 6.07) is -9.27. The van der Waals surface area contributed by atoms with Gasteiger partial charge in [-0.2, -0.15) is 0 Å². The smallest absolute Gasteiger partial charge is 0.0645 e. The minimum absolute atomic E-state index is 0.0668. The first-order valence-electron chi connectivity index (χ1n) is 15.2. The van der Waals surface area contributed by atoms with Gasteiger partial charge < -0.3 is 9.55 Å². The van der Waals surface area contributed by atoms with Gasteiger partial charge in [-0.15, -0.1) is 0 Å². The maximum Gasteiger partial charge on any atom is 0.0645 e. The Morgan fingerprint density at radius 2 is 1.35 bits per heavy atom. The molecule has 2 aromatic heterocycles. The highest BCUT2D eigenvalue weighted by Gasteiger charge is 2.17. The minimum atomic E-state index is -0.725. The van der Waals surface area contributed by atoms with E-state index < -0.39 is 96.3 Å². The van der Waals surface area contributed by atoms with Gasteiger partial charge in [0, 0.05) is 38.3 Å². The van der Waals surface area contributed by atoms with Crippen LogP contribution in [0.5, 0.6) is 0 Å². The van der Waals surface area contributed by atoms with Gasteiger partial charge in [0.15, 0.2) is 0 Å². The SMILES string of the molecule is [2H]c1c([2H])c([2H])c(-n2c3c([2H])c([2H])c([2H])c([2H])c3c3c([2H])c([2H])c4[nH]c5c([2H])c([2H])c([2H])c([2H])c5c4c32)c([2H])c1[2H]. The molecule has 6 rings (SSSR count). The molecule has 0 saturated heterocycles. The van der Waals surface area contributed by atoms with E-state index in [1.165, 1.54) is 0 Å². The Hall–Kier alpha value is -3.52. The summed E-state index contributed by atoms with van der Waals surface area (Å²) in [4.78, 5) is 2.80. The molecule has 6 aromatic rings. The summed E-state index contributed by atoms with van der Waals surface area (Å²) in [5.74, 6) is 0. The minimum Gasteiger partial charge on any atom is -0.354 e. The number of nitrogens with zero attached hydrogens (tertiary/aromatic N) is 1. The van der Waals surface area contributed by atoms with Crippen molar-refractivity contribution in [3.8, 4) is 5.69 Å². The zero-order chi connectivity index (χ0) is 30.1. The lowest BCUT2D eigenvalue weighted by atomic mass is 10.1. The van der Waals surface area contributed by atoms with Crippen LogP contribution in [0.4, 0.5) is 0 Å². The van der Waals surface area contributed by atoms with Gasteiger partial charge in [-0.3, -0.25) is 0 Å². The van der Waals surface area contributed by atoms with E-state index in [4.69, 9.17) is 20.6 Å². The number of para-hydroxylation sites is 3. The Morgan fingerprint density at radius 1 is 0.615 bits per heavy atom. The lowest BCUT2D eigenvalue weighted by Gasteiger charge is -2.08. The molecule has 0 amide bonds. The third-order valence-electron chi connectivity index (χ3n) is 4.30. The Kier molecular flexibility index (Phi) is 1.10. The lowest BCUT2D eigenvalue weighted by molar-refractivity contribution is 1.19. The molecule has 0 bridgehead atoms. The molecule has 0 aliphatic rings. The zero-order valence-corrected chi connectivity index (χ0v) is 12.9. The lowest BCUT2D eigenvalue weighted by Crippen LogP contribution is -1.93. The van der Waals surface area contributed by atoms with Gasteiger partial charge in [-0.1, -0.05) is 60.4 Å². The maximum absolute atomic E-state index is 8.87. The predicted octanol–water partition coefficient (Wildman–Crippen LogP) is 6.42. The topological polar surface area (TPSA) is 20.7 Å². The molecule has 2 heteroatoms. The van der Waals surface area contributed by atoms with Gasteiger partial charge >= 0.3 is 0 Å². The number of hydrogen-bond donors (Lipinski definition) is 1. The van der Waals surface area contributed by atoms with E-state index in [0.29, 0.717) is 0 Å². The Morgan fingerprint density at radius 3 is 2.23 bits per heavy atom. The van der Waals surface area contributed by atoms with Crippen LogP contribution in [0.1, 0.15) is 20.6 Å². The van der Waals surface area contributed by atoms with Crippen LogP contribution in [0, 0.1) is 0 Å². The average molecular weight is 347 g/mol. The van der Waals surface area contributed by atoms with E-state index in [2.05, 4.69) is 4.98 Å². The van der Waals surface area contributed by atoms with Crippen molar-refractivity contribution in [3.05, 3.63) is 90.6 Å².